The Morgan fingerprint density at radius 2 is 2.08 bits per heavy atom. The zero-order chi connectivity index (χ0) is 18.0. The highest BCUT2D eigenvalue weighted by molar-refractivity contribution is 5.77. The van der Waals surface area contributed by atoms with Crippen LogP contribution in [0.4, 0.5) is 9.18 Å². The van der Waals surface area contributed by atoms with Crippen LogP contribution >= 0.6 is 0 Å². The number of piperidine rings is 1. The number of rotatable bonds is 3. The lowest BCUT2D eigenvalue weighted by Crippen LogP contribution is -2.52. The summed E-state index contributed by atoms with van der Waals surface area (Å²) in [7, 11) is 0. The van der Waals surface area contributed by atoms with E-state index in [1.165, 1.54) is 17.0 Å². The predicted molar refractivity (Wildman–Crippen MR) is 87.2 cm³/mol. The molecule has 0 bridgehead atoms. The molecule has 1 atom stereocenters. The number of hydrogen-bond acceptors (Lipinski definition) is 3. The highest BCUT2D eigenvalue weighted by atomic mass is 19.1. The van der Waals surface area contributed by atoms with Gasteiger partial charge >= 0.3 is 12.1 Å². The normalized spacial score (nSPS) is 21.4. The van der Waals surface area contributed by atoms with E-state index in [2.05, 4.69) is 0 Å². The number of halogens is 1. The van der Waals surface area contributed by atoms with Crippen molar-refractivity contribution >= 4 is 12.1 Å². The molecule has 132 valence electrons. The van der Waals surface area contributed by atoms with Gasteiger partial charge in [-0.05, 0) is 57.7 Å². The van der Waals surface area contributed by atoms with Crippen molar-refractivity contribution in [2.24, 2.45) is 5.41 Å². The fourth-order valence-electron chi connectivity index (χ4n) is 3.05. The average molecular weight is 337 g/mol. The van der Waals surface area contributed by atoms with E-state index in [0.29, 0.717) is 24.9 Å². The first-order chi connectivity index (χ1) is 11.1. The van der Waals surface area contributed by atoms with Gasteiger partial charge in [-0.3, -0.25) is 4.79 Å². The Balaban J connectivity index is 2.19. The molecule has 6 heteroatoms. The summed E-state index contributed by atoms with van der Waals surface area (Å²) >= 11 is 0. The minimum atomic E-state index is -1.12. The number of benzene rings is 1. The van der Waals surface area contributed by atoms with Gasteiger partial charge in [0.25, 0.3) is 0 Å². The molecule has 1 aliphatic heterocycles. The van der Waals surface area contributed by atoms with Crippen molar-refractivity contribution < 1.29 is 23.8 Å². The molecule has 1 aliphatic rings. The first kappa shape index (κ1) is 18.2. The first-order valence-electron chi connectivity index (χ1n) is 8.07. The number of nitrogens with zero attached hydrogens (tertiary/aromatic N) is 1. The third-order valence-corrected chi connectivity index (χ3v) is 4.11. The fourth-order valence-corrected chi connectivity index (χ4v) is 3.05. The quantitative estimate of drug-likeness (QED) is 0.917. The van der Waals surface area contributed by atoms with Crippen LogP contribution in [0.15, 0.2) is 24.3 Å². The van der Waals surface area contributed by atoms with Gasteiger partial charge in [0.2, 0.25) is 0 Å². The van der Waals surface area contributed by atoms with Gasteiger partial charge in [-0.2, -0.15) is 0 Å². The molecule has 0 saturated carbocycles. The summed E-state index contributed by atoms with van der Waals surface area (Å²) in [4.78, 5) is 25.7. The molecule has 0 aliphatic carbocycles. The van der Waals surface area contributed by atoms with Crippen LogP contribution in [0.1, 0.15) is 39.2 Å². The third kappa shape index (κ3) is 4.46. The number of likely N-dealkylation sites (tertiary alicyclic amines) is 1. The van der Waals surface area contributed by atoms with E-state index < -0.39 is 28.9 Å². The molecule has 2 rings (SSSR count). The number of carbonyl (C=O) groups excluding carboxylic acids is 1. The zero-order valence-electron chi connectivity index (χ0n) is 14.3. The van der Waals surface area contributed by atoms with Gasteiger partial charge in [-0.1, -0.05) is 12.1 Å². The second kappa shape index (κ2) is 6.79. The summed E-state index contributed by atoms with van der Waals surface area (Å²) < 4.78 is 18.8. The molecule has 0 aromatic heterocycles. The van der Waals surface area contributed by atoms with E-state index in [0.717, 1.165) is 0 Å². The Kier molecular flexibility index (Phi) is 5.16. The smallest absolute Gasteiger partial charge is 0.410 e. The molecule has 1 aromatic rings. The van der Waals surface area contributed by atoms with Crippen molar-refractivity contribution in [3.8, 4) is 0 Å². The van der Waals surface area contributed by atoms with E-state index in [4.69, 9.17) is 4.74 Å². The number of amides is 1. The van der Waals surface area contributed by atoms with Gasteiger partial charge in [-0.25, -0.2) is 9.18 Å². The van der Waals surface area contributed by atoms with Crippen LogP contribution in [-0.4, -0.2) is 40.8 Å². The van der Waals surface area contributed by atoms with Crippen LogP contribution < -0.4 is 0 Å². The Bertz CT molecular complexity index is 626. The molecule has 1 N–H and O–H groups in total. The van der Waals surface area contributed by atoms with Crippen LogP contribution in [0.5, 0.6) is 0 Å². The number of ether oxygens (including phenoxy) is 1. The van der Waals surface area contributed by atoms with Gasteiger partial charge in [-0.15, -0.1) is 0 Å². The van der Waals surface area contributed by atoms with Crippen molar-refractivity contribution in [3.63, 3.8) is 0 Å². The molecule has 1 fully saturated rings. The fraction of sp³-hybridized carbons (Fsp3) is 0.556. The SMILES string of the molecule is CC(C)(C)OC(=O)N1CCCC(Cc2cccc(F)c2)(C(=O)O)C1. The lowest BCUT2D eigenvalue weighted by molar-refractivity contribution is -0.152. The third-order valence-electron chi connectivity index (χ3n) is 4.11. The van der Waals surface area contributed by atoms with E-state index in [1.54, 1.807) is 32.9 Å². The summed E-state index contributed by atoms with van der Waals surface area (Å²) in [5.74, 6) is -1.37. The molecule has 1 aromatic carbocycles. The van der Waals surface area contributed by atoms with E-state index in [-0.39, 0.29) is 13.0 Å². The maximum Gasteiger partial charge on any atom is 0.410 e. The first-order valence-corrected chi connectivity index (χ1v) is 8.07. The molecule has 1 heterocycles. The van der Waals surface area contributed by atoms with Gasteiger partial charge < -0.3 is 14.7 Å². The van der Waals surface area contributed by atoms with Crippen molar-refractivity contribution in [2.75, 3.05) is 13.1 Å². The largest absolute Gasteiger partial charge is 0.481 e. The van der Waals surface area contributed by atoms with Crippen LogP contribution in [-0.2, 0) is 16.0 Å². The predicted octanol–water partition coefficient (Wildman–Crippen LogP) is 3.47. The molecule has 0 spiro atoms. The molecular formula is C18H24FNO4. The molecule has 24 heavy (non-hydrogen) atoms. The van der Waals surface area contributed by atoms with E-state index in [1.807, 2.05) is 0 Å². The van der Waals surface area contributed by atoms with Crippen molar-refractivity contribution in [2.45, 2.75) is 45.6 Å². The van der Waals surface area contributed by atoms with Crippen LogP contribution in [0, 0.1) is 11.2 Å². The molecule has 0 radical (unpaired) electrons. The Morgan fingerprint density at radius 1 is 1.38 bits per heavy atom. The lowest BCUT2D eigenvalue weighted by Gasteiger charge is -2.40. The molecular weight excluding hydrogens is 313 g/mol. The lowest BCUT2D eigenvalue weighted by atomic mass is 9.75. The molecule has 1 saturated heterocycles. The number of carboxylic acid groups (broad SMARTS) is 1. The Morgan fingerprint density at radius 3 is 2.67 bits per heavy atom. The summed E-state index contributed by atoms with van der Waals surface area (Å²) in [6.45, 7) is 5.84. The number of hydrogen-bond donors (Lipinski definition) is 1. The molecule has 1 unspecified atom stereocenters. The summed E-state index contributed by atoms with van der Waals surface area (Å²) in [6.07, 6.45) is 0.686. The van der Waals surface area contributed by atoms with Gasteiger partial charge in [0.1, 0.15) is 11.4 Å². The number of aliphatic carboxylic acids is 1. The van der Waals surface area contributed by atoms with E-state index >= 15 is 0 Å². The zero-order valence-corrected chi connectivity index (χ0v) is 14.3. The second-order valence-corrected chi connectivity index (χ2v) is 7.40. The van der Waals surface area contributed by atoms with Crippen LogP contribution in [0.3, 0.4) is 0 Å². The molecule has 5 nitrogen and oxygen atoms in total. The second-order valence-electron chi connectivity index (χ2n) is 7.40. The summed E-state index contributed by atoms with van der Waals surface area (Å²) in [6, 6.07) is 5.94. The van der Waals surface area contributed by atoms with Crippen molar-refractivity contribution in [1.82, 2.24) is 4.90 Å². The monoisotopic (exact) mass is 337 g/mol. The van der Waals surface area contributed by atoms with Crippen LogP contribution in [0.2, 0.25) is 0 Å². The standard InChI is InChI=1S/C18H24FNO4/c1-17(2,3)24-16(23)20-9-5-8-18(12-20,15(21)22)11-13-6-4-7-14(19)10-13/h4,6-7,10H,5,8-9,11-12H2,1-3H3,(H,21,22). The summed E-state index contributed by atoms with van der Waals surface area (Å²) in [5, 5.41) is 9.78. The van der Waals surface area contributed by atoms with Crippen LogP contribution in [0.25, 0.3) is 0 Å². The van der Waals surface area contributed by atoms with Gasteiger partial charge in [0, 0.05) is 13.1 Å². The summed E-state index contributed by atoms with van der Waals surface area (Å²) in [5.41, 5.74) is -1.14. The van der Waals surface area contributed by atoms with E-state index in [9.17, 15) is 19.1 Å². The van der Waals surface area contributed by atoms with Gasteiger partial charge in [0.15, 0.2) is 0 Å². The molecule has 1 amide bonds. The average Bonchev–Trinajstić information content (AvgIpc) is 2.45. The van der Waals surface area contributed by atoms with Crippen molar-refractivity contribution in [1.29, 1.82) is 0 Å². The maximum atomic E-state index is 13.4. The number of carboxylic acids is 1. The number of carbonyl (C=O) groups is 2. The highest BCUT2D eigenvalue weighted by Gasteiger charge is 2.44. The minimum absolute atomic E-state index is 0.0633. The highest BCUT2D eigenvalue weighted by Crippen LogP contribution is 2.35. The van der Waals surface area contributed by atoms with Crippen molar-refractivity contribution in [3.05, 3.63) is 35.6 Å². The Hall–Kier alpha value is -2.11. The topological polar surface area (TPSA) is 66.8 Å². The van der Waals surface area contributed by atoms with Gasteiger partial charge in [0.05, 0.1) is 5.41 Å². The maximum absolute atomic E-state index is 13.4. The minimum Gasteiger partial charge on any atom is -0.481 e. The Labute approximate surface area is 141 Å².